The Bertz CT molecular complexity index is 2410. The molecule has 9 atom stereocenters. The Morgan fingerprint density at radius 3 is 2.56 bits per heavy atom. The van der Waals surface area contributed by atoms with E-state index in [0.29, 0.717) is 31.6 Å². The van der Waals surface area contributed by atoms with Gasteiger partial charge < -0.3 is 39.3 Å². The predicted octanol–water partition coefficient (Wildman–Crippen LogP) is 5.90. The summed E-state index contributed by atoms with van der Waals surface area (Å²) in [6.07, 6.45) is 10.9. The normalized spacial score (nSPS) is 34.2. The first-order valence-electron chi connectivity index (χ1n) is 23.2. The lowest BCUT2D eigenvalue weighted by molar-refractivity contribution is -0.217. The smallest absolute Gasteiger partial charge is 0.407 e. The van der Waals surface area contributed by atoms with Gasteiger partial charge in [0.25, 0.3) is 0 Å². The zero-order chi connectivity index (χ0) is 44.1. The summed E-state index contributed by atoms with van der Waals surface area (Å²) in [6, 6.07) is 11.7. The summed E-state index contributed by atoms with van der Waals surface area (Å²) in [5.74, 6) is -0.290. The van der Waals surface area contributed by atoms with E-state index in [1.54, 1.807) is 7.11 Å². The number of para-hydroxylation sites is 1. The Kier molecular flexibility index (Phi) is 10.3. The lowest BCUT2D eigenvalue weighted by Gasteiger charge is -2.64. The monoisotopic (exact) mass is 861 g/mol. The number of esters is 2. The fourth-order valence-corrected chi connectivity index (χ4v) is 13.9. The second kappa shape index (κ2) is 15.4. The lowest BCUT2D eigenvalue weighted by atomic mass is 9.47. The second-order valence-corrected chi connectivity index (χ2v) is 19.5. The Balaban J connectivity index is 1.23. The highest BCUT2D eigenvalue weighted by atomic mass is 16.6. The molecule has 2 saturated carbocycles. The molecule has 13 nitrogen and oxygen atoms in total. The van der Waals surface area contributed by atoms with Gasteiger partial charge in [-0.1, -0.05) is 55.8 Å². The maximum atomic E-state index is 15.4. The molecule has 3 fully saturated rings. The fraction of sp³-hybridized carbons (Fsp3) is 0.580. The van der Waals surface area contributed by atoms with E-state index in [0.717, 1.165) is 97.3 Å². The van der Waals surface area contributed by atoms with Crippen molar-refractivity contribution in [3.8, 4) is 5.75 Å². The molecule has 2 aromatic carbocycles. The molecule has 1 saturated heterocycles. The van der Waals surface area contributed by atoms with E-state index in [4.69, 9.17) is 18.9 Å². The number of likely N-dealkylation sites (N-methyl/N-ethyl adjacent to an activating group) is 1. The number of aromatic nitrogens is 1. The van der Waals surface area contributed by atoms with Crippen LogP contribution in [0.3, 0.4) is 0 Å². The van der Waals surface area contributed by atoms with E-state index < -0.39 is 46.1 Å². The van der Waals surface area contributed by atoms with E-state index in [9.17, 15) is 14.7 Å². The summed E-state index contributed by atoms with van der Waals surface area (Å²) in [4.78, 5) is 53.1. The van der Waals surface area contributed by atoms with Gasteiger partial charge in [0.1, 0.15) is 29.0 Å². The van der Waals surface area contributed by atoms with Crippen LogP contribution in [-0.4, -0.2) is 128 Å². The molecule has 10 rings (SSSR count). The number of anilines is 1. The molecule has 336 valence electrons. The third kappa shape index (κ3) is 6.00. The van der Waals surface area contributed by atoms with E-state index in [1.165, 1.54) is 19.6 Å². The van der Waals surface area contributed by atoms with Crippen molar-refractivity contribution in [3.05, 3.63) is 82.6 Å². The van der Waals surface area contributed by atoms with Crippen LogP contribution in [0.15, 0.2) is 60.2 Å². The highest BCUT2D eigenvalue weighted by molar-refractivity contribution is 5.94. The summed E-state index contributed by atoms with van der Waals surface area (Å²) in [5, 5.41) is 17.9. The Labute approximate surface area is 370 Å². The van der Waals surface area contributed by atoms with Crippen LogP contribution < -0.4 is 15.0 Å². The van der Waals surface area contributed by atoms with Crippen LogP contribution in [0, 0.1) is 11.3 Å². The largest absolute Gasteiger partial charge is 0.496 e. The average molecular weight is 862 g/mol. The van der Waals surface area contributed by atoms with Gasteiger partial charge in [0.05, 0.1) is 26.8 Å². The summed E-state index contributed by atoms with van der Waals surface area (Å²) >= 11 is 0. The average Bonchev–Trinajstić information content (AvgIpc) is 3.93. The second-order valence-electron chi connectivity index (χ2n) is 19.5. The van der Waals surface area contributed by atoms with E-state index >= 15 is 4.79 Å². The third-order valence-corrected chi connectivity index (χ3v) is 16.5. The quantitative estimate of drug-likeness (QED) is 0.134. The zero-order valence-electron chi connectivity index (χ0n) is 37.6. The Morgan fingerprint density at radius 1 is 1.03 bits per heavy atom. The van der Waals surface area contributed by atoms with Gasteiger partial charge >= 0.3 is 18.0 Å². The van der Waals surface area contributed by atoms with Crippen molar-refractivity contribution in [2.75, 3.05) is 65.4 Å². The number of ether oxygens (including phenoxy) is 4. The van der Waals surface area contributed by atoms with Crippen LogP contribution in [0.5, 0.6) is 5.75 Å². The molecule has 2 unspecified atom stereocenters. The molecule has 2 aliphatic carbocycles. The number of aliphatic hydroxyl groups is 1. The first-order valence-corrected chi connectivity index (χ1v) is 23.2. The number of methoxy groups -OCH3 is 2. The van der Waals surface area contributed by atoms with Gasteiger partial charge in [0.15, 0.2) is 0 Å². The van der Waals surface area contributed by atoms with Crippen LogP contribution in [0.1, 0.15) is 88.1 Å². The maximum Gasteiger partial charge on any atom is 0.407 e. The molecule has 1 aromatic heterocycles. The maximum absolute atomic E-state index is 15.4. The fourth-order valence-electron chi connectivity index (χ4n) is 13.9. The Hall–Kier alpha value is -4.85. The number of fused-ring (bicyclic) bond motifs is 6. The van der Waals surface area contributed by atoms with Gasteiger partial charge in [-0.3, -0.25) is 19.4 Å². The molecule has 1 spiro atoms. The van der Waals surface area contributed by atoms with Crippen molar-refractivity contribution in [3.63, 3.8) is 0 Å². The molecule has 3 aromatic rings. The number of nitrogens with zero attached hydrogens (tertiary/aromatic N) is 3. The SMILES string of the molecule is CCC1=C[C@@H]2CN(CCc3c([nH]c4ccccc34)[C@@](C(=O)OC)(c3cc4c(cc3OC)N(C)[C@H]3C(O)(CNC(=O)OC5CCC5)[C@H](OC(C)=O)[C@]5(CC)C=CCN6CC[C@]43[C@@H]65)C2)C1. The number of carbonyl (C=O) groups excluding carboxylic acids is 3. The van der Waals surface area contributed by atoms with Crippen molar-refractivity contribution in [2.45, 2.75) is 113 Å². The van der Waals surface area contributed by atoms with Crippen LogP contribution in [0.4, 0.5) is 10.5 Å². The third-order valence-electron chi connectivity index (χ3n) is 16.5. The van der Waals surface area contributed by atoms with E-state index in [1.807, 2.05) is 19.2 Å². The molecule has 7 aliphatic rings. The van der Waals surface area contributed by atoms with Crippen LogP contribution >= 0.6 is 0 Å². The van der Waals surface area contributed by atoms with Gasteiger partial charge in [-0.05, 0) is 87.1 Å². The van der Waals surface area contributed by atoms with Gasteiger partial charge in [-0.25, -0.2) is 4.79 Å². The van der Waals surface area contributed by atoms with Crippen LogP contribution in [0.2, 0.25) is 0 Å². The first kappa shape index (κ1) is 42.1. The molecule has 1 amide bonds. The van der Waals surface area contributed by atoms with E-state index in [2.05, 4.69) is 81.3 Å². The molecule has 6 heterocycles. The standard InChI is InChI=1S/C50H63N5O8/c1-7-31-23-32-26-49(45(57)61-6,41-35(17-21-54(27-31)28-32)34-15-9-10-16-38(34)52-41)37-24-36-39(25-40(37)60-5)53(4)43-48(36)19-22-55-20-12-18-47(8-2,42(48)55)44(62-30(3)56)50(43,59)29-51-46(58)63-33-13-11-14-33/h9-10,12,15-16,18,23-25,32-33,42-44,52,59H,7-8,11,13-14,17,19-22,26-29H2,1-6H3,(H,51,58)/t32-,42-,43+,44+,47+,48+,49-,50?/m0/s1. The molecule has 5 aliphatic heterocycles. The van der Waals surface area contributed by atoms with Gasteiger partial charge in [0.2, 0.25) is 0 Å². The minimum absolute atomic E-state index is 0.0323. The van der Waals surface area contributed by atoms with Crippen molar-refractivity contribution in [1.29, 1.82) is 0 Å². The Morgan fingerprint density at radius 2 is 1.84 bits per heavy atom. The molecule has 2 bridgehead atoms. The number of rotatable bonds is 9. The molecular weight excluding hydrogens is 799 g/mol. The number of amides is 1. The molecule has 0 radical (unpaired) electrons. The first-order chi connectivity index (χ1) is 30.4. The number of H-pyrrole nitrogens is 1. The number of hydrogen-bond acceptors (Lipinski definition) is 11. The van der Waals surface area contributed by atoms with Crippen molar-refractivity contribution in [1.82, 2.24) is 20.1 Å². The van der Waals surface area contributed by atoms with Crippen LogP contribution in [-0.2, 0) is 41.1 Å². The van der Waals surface area contributed by atoms with Crippen molar-refractivity contribution < 1.29 is 38.4 Å². The van der Waals surface area contributed by atoms with Crippen molar-refractivity contribution >= 4 is 34.6 Å². The number of benzene rings is 2. The summed E-state index contributed by atoms with van der Waals surface area (Å²) in [7, 11) is 5.13. The summed E-state index contributed by atoms with van der Waals surface area (Å²) in [5.41, 5.74) is 2.11. The number of aromatic amines is 1. The molecule has 63 heavy (non-hydrogen) atoms. The highest BCUT2D eigenvalue weighted by Gasteiger charge is 2.78. The molecule has 13 heteroatoms. The van der Waals surface area contributed by atoms with Gasteiger partial charge in [0, 0.05) is 90.9 Å². The van der Waals surface area contributed by atoms with Gasteiger partial charge in [-0.15, -0.1) is 0 Å². The topological polar surface area (TPSA) is 146 Å². The predicted molar refractivity (Wildman–Crippen MR) is 239 cm³/mol. The minimum Gasteiger partial charge on any atom is -0.496 e. The number of carbonyl (C=O) groups is 3. The van der Waals surface area contributed by atoms with Crippen LogP contribution in [0.25, 0.3) is 10.9 Å². The number of hydrogen-bond donors (Lipinski definition) is 3. The lowest BCUT2D eigenvalue weighted by Crippen LogP contribution is -2.81. The molecule has 3 N–H and O–H groups in total. The summed E-state index contributed by atoms with van der Waals surface area (Å²) < 4.78 is 24.6. The highest BCUT2D eigenvalue weighted by Crippen LogP contribution is 2.68. The molecular formula is C50H63N5O8. The van der Waals surface area contributed by atoms with Gasteiger partial charge in [-0.2, -0.15) is 0 Å². The number of alkyl carbamates (subject to hydrolysis) is 1. The number of nitrogens with one attached hydrogen (secondary N) is 2. The van der Waals surface area contributed by atoms with Crippen molar-refractivity contribution in [2.24, 2.45) is 11.3 Å². The van der Waals surface area contributed by atoms with E-state index in [-0.39, 0.29) is 30.6 Å². The minimum atomic E-state index is -1.80. The zero-order valence-corrected chi connectivity index (χ0v) is 37.6. The summed E-state index contributed by atoms with van der Waals surface area (Å²) in [6.45, 7) is 9.50.